The van der Waals surface area contributed by atoms with Crippen molar-refractivity contribution in [1.82, 2.24) is 4.72 Å². The van der Waals surface area contributed by atoms with Gasteiger partial charge in [0.05, 0.1) is 49.8 Å². The normalized spacial score (nSPS) is 11.9. The molecule has 218 valence electrons. The van der Waals surface area contributed by atoms with Crippen molar-refractivity contribution < 1.29 is 26.8 Å². The van der Waals surface area contributed by atoms with Crippen molar-refractivity contribution in [3.05, 3.63) is 53.8 Å². The molecule has 2 aromatic carbocycles. The summed E-state index contributed by atoms with van der Waals surface area (Å²) < 4.78 is 48.9. The fourth-order valence-corrected chi connectivity index (χ4v) is 5.59. The number of quaternary nitrogens is 1. The molecule has 2 aromatic rings. The van der Waals surface area contributed by atoms with E-state index in [1.54, 1.807) is 12.1 Å². The van der Waals surface area contributed by atoms with Crippen LogP contribution in [0.15, 0.2) is 47.4 Å². The molecule has 1 amide bonds. The lowest BCUT2D eigenvalue weighted by molar-refractivity contribution is -0.923. The number of likely N-dealkylation sites (N-methyl/N-ethyl adjacent to an activating group) is 1. The Labute approximate surface area is 234 Å². The molecule has 2 rings (SSSR count). The Morgan fingerprint density at radius 1 is 0.872 bits per heavy atom. The number of anilines is 1. The SMILES string of the molecule is CCCCCCCOc1cc(F)ccc1C(=O)Nc1ccc(S(=O)(=O)NCC[N+](CC)(CC)CCCC)cc1. The van der Waals surface area contributed by atoms with Gasteiger partial charge < -0.3 is 14.5 Å². The summed E-state index contributed by atoms with van der Waals surface area (Å²) >= 11 is 0. The molecule has 0 atom stereocenters. The van der Waals surface area contributed by atoms with Gasteiger partial charge in [-0.1, -0.05) is 46.0 Å². The number of hydrogen-bond acceptors (Lipinski definition) is 4. The molecular formula is C30H47FN3O4S+. The third-order valence-electron chi connectivity index (χ3n) is 7.32. The number of amides is 1. The van der Waals surface area contributed by atoms with Gasteiger partial charge in [0.2, 0.25) is 10.0 Å². The lowest BCUT2D eigenvalue weighted by atomic mass is 10.1. The standard InChI is InChI=1S/C30H46FN3O4S/c1-5-9-11-12-13-23-38-29-24-25(31)14-19-28(29)30(35)33-26-15-17-27(18-16-26)39(36,37)32-20-22-34(7-3,8-4)21-10-6-2/h14-19,24,32H,5-13,20-23H2,1-4H3/p+1. The highest BCUT2D eigenvalue weighted by Crippen LogP contribution is 2.23. The first-order chi connectivity index (χ1) is 18.7. The number of ether oxygens (including phenoxy) is 1. The van der Waals surface area contributed by atoms with Gasteiger partial charge in [0.25, 0.3) is 5.91 Å². The predicted octanol–water partition coefficient (Wildman–Crippen LogP) is 6.36. The highest BCUT2D eigenvalue weighted by molar-refractivity contribution is 7.89. The summed E-state index contributed by atoms with van der Waals surface area (Å²) in [6, 6.07) is 9.86. The summed E-state index contributed by atoms with van der Waals surface area (Å²) in [5, 5.41) is 2.75. The van der Waals surface area contributed by atoms with Gasteiger partial charge in [-0.05, 0) is 63.1 Å². The Bertz CT molecular complexity index is 1120. The minimum Gasteiger partial charge on any atom is -0.493 e. The molecule has 0 saturated heterocycles. The van der Waals surface area contributed by atoms with Crippen molar-refractivity contribution in [1.29, 1.82) is 0 Å². The molecule has 0 aliphatic rings. The zero-order chi connectivity index (χ0) is 28.7. The summed E-state index contributed by atoms with van der Waals surface area (Å²) in [5.74, 6) is -0.738. The van der Waals surface area contributed by atoms with Crippen LogP contribution >= 0.6 is 0 Å². The number of hydrogen-bond donors (Lipinski definition) is 2. The number of halogens is 1. The fourth-order valence-electron chi connectivity index (χ4n) is 4.57. The number of nitrogens with zero attached hydrogens (tertiary/aromatic N) is 1. The topological polar surface area (TPSA) is 84.5 Å². The molecule has 0 fully saturated rings. The van der Waals surface area contributed by atoms with Crippen LogP contribution in [0, 0.1) is 5.82 Å². The van der Waals surface area contributed by atoms with Crippen molar-refractivity contribution >= 4 is 21.6 Å². The van der Waals surface area contributed by atoms with Crippen LogP contribution in [0.2, 0.25) is 0 Å². The van der Waals surface area contributed by atoms with E-state index in [2.05, 4.69) is 37.7 Å². The summed E-state index contributed by atoms with van der Waals surface area (Å²) in [7, 11) is -3.68. The first-order valence-electron chi connectivity index (χ1n) is 14.4. The number of carbonyl (C=O) groups excluding carboxylic acids is 1. The van der Waals surface area contributed by atoms with Crippen LogP contribution in [0.4, 0.5) is 10.1 Å². The van der Waals surface area contributed by atoms with Gasteiger partial charge >= 0.3 is 0 Å². The molecule has 9 heteroatoms. The van der Waals surface area contributed by atoms with E-state index in [-0.39, 0.29) is 16.2 Å². The fraction of sp³-hybridized carbons (Fsp3) is 0.567. The monoisotopic (exact) mass is 564 g/mol. The molecule has 39 heavy (non-hydrogen) atoms. The van der Waals surface area contributed by atoms with Crippen LogP contribution in [0.3, 0.4) is 0 Å². The molecule has 7 nitrogen and oxygen atoms in total. The van der Waals surface area contributed by atoms with Crippen LogP contribution in [0.5, 0.6) is 5.75 Å². The molecule has 0 spiro atoms. The minimum absolute atomic E-state index is 0.133. The number of sulfonamides is 1. The lowest BCUT2D eigenvalue weighted by Crippen LogP contribution is -2.52. The second-order valence-electron chi connectivity index (χ2n) is 10.1. The lowest BCUT2D eigenvalue weighted by Gasteiger charge is -2.37. The number of carbonyl (C=O) groups is 1. The quantitative estimate of drug-likeness (QED) is 0.154. The predicted molar refractivity (Wildman–Crippen MR) is 156 cm³/mol. The van der Waals surface area contributed by atoms with Gasteiger partial charge in [0.15, 0.2) is 0 Å². The first-order valence-corrected chi connectivity index (χ1v) is 15.9. The van der Waals surface area contributed by atoms with Gasteiger partial charge in [-0.2, -0.15) is 0 Å². The van der Waals surface area contributed by atoms with E-state index >= 15 is 0 Å². The third-order valence-corrected chi connectivity index (χ3v) is 8.80. The maximum atomic E-state index is 13.8. The molecule has 0 bridgehead atoms. The Balaban J connectivity index is 1.99. The van der Waals surface area contributed by atoms with Crippen molar-refractivity contribution in [3.8, 4) is 5.75 Å². The molecule has 0 aliphatic heterocycles. The zero-order valence-corrected chi connectivity index (χ0v) is 24.9. The smallest absolute Gasteiger partial charge is 0.259 e. The number of unbranched alkanes of at least 4 members (excludes halogenated alkanes) is 5. The molecule has 0 unspecified atom stereocenters. The first kappa shape index (κ1) is 32.7. The summed E-state index contributed by atoms with van der Waals surface area (Å²) in [6.45, 7) is 13.1. The van der Waals surface area contributed by atoms with E-state index in [0.29, 0.717) is 18.8 Å². The minimum atomic E-state index is -3.68. The third kappa shape index (κ3) is 10.5. The maximum Gasteiger partial charge on any atom is 0.259 e. The highest BCUT2D eigenvalue weighted by Gasteiger charge is 2.24. The Hall–Kier alpha value is -2.49. The molecule has 0 aromatic heterocycles. The van der Waals surface area contributed by atoms with Crippen LogP contribution in [0.1, 0.15) is 83.0 Å². The van der Waals surface area contributed by atoms with Crippen LogP contribution in [0.25, 0.3) is 0 Å². The average molecular weight is 565 g/mol. The van der Waals surface area contributed by atoms with Gasteiger partial charge in [-0.3, -0.25) is 4.79 Å². The molecule has 0 saturated carbocycles. The Morgan fingerprint density at radius 3 is 2.18 bits per heavy atom. The number of benzene rings is 2. The van der Waals surface area contributed by atoms with E-state index in [9.17, 15) is 17.6 Å². The van der Waals surface area contributed by atoms with E-state index in [4.69, 9.17) is 4.74 Å². The van der Waals surface area contributed by atoms with Crippen LogP contribution in [-0.2, 0) is 10.0 Å². The van der Waals surface area contributed by atoms with Crippen molar-refractivity contribution in [2.45, 2.75) is 77.5 Å². The van der Waals surface area contributed by atoms with E-state index in [1.165, 1.54) is 36.8 Å². The van der Waals surface area contributed by atoms with Gasteiger partial charge in [0, 0.05) is 11.8 Å². The highest BCUT2D eigenvalue weighted by atomic mass is 32.2. The Morgan fingerprint density at radius 2 is 1.54 bits per heavy atom. The van der Waals surface area contributed by atoms with Crippen molar-refractivity contribution in [2.75, 3.05) is 44.6 Å². The summed E-state index contributed by atoms with van der Waals surface area (Å²) in [5.41, 5.74) is 0.654. The Kier molecular flexibility index (Phi) is 13.9. The van der Waals surface area contributed by atoms with E-state index in [0.717, 1.165) is 69.2 Å². The molecule has 0 radical (unpaired) electrons. The largest absolute Gasteiger partial charge is 0.493 e. The van der Waals surface area contributed by atoms with Gasteiger partial charge in [0.1, 0.15) is 11.6 Å². The van der Waals surface area contributed by atoms with Gasteiger partial charge in [-0.15, -0.1) is 0 Å². The summed E-state index contributed by atoms with van der Waals surface area (Å²) in [4.78, 5) is 13.1. The van der Waals surface area contributed by atoms with Gasteiger partial charge in [-0.25, -0.2) is 17.5 Å². The second kappa shape index (κ2) is 16.6. The van der Waals surface area contributed by atoms with E-state index in [1.807, 2.05) is 0 Å². The molecular weight excluding hydrogens is 517 g/mol. The summed E-state index contributed by atoms with van der Waals surface area (Å²) in [6.07, 6.45) is 7.52. The van der Waals surface area contributed by atoms with Crippen molar-refractivity contribution in [2.24, 2.45) is 0 Å². The second-order valence-corrected chi connectivity index (χ2v) is 11.8. The van der Waals surface area contributed by atoms with Crippen LogP contribution < -0.4 is 14.8 Å². The van der Waals surface area contributed by atoms with E-state index < -0.39 is 21.7 Å². The zero-order valence-electron chi connectivity index (χ0n) is 24.1. The number of rotatable bonds is 19. The van der Waals surface area contributed by atoms with Crippen LogP contribution in [-0.4, -0.2) is 58.1 Å². The molecule has 0 aliphatic carbocycles. The number of nitrogens with one attached hydrogen (secondary N) is 2. The molecule has 2 N–H and O–H groups in total. The molecule has 0 heterocycles. The van der Waals surface area contributed by atoms with Crippen molar-refractivity contribution in [3.63, 3.8) is 0 Å². The maximum absolute atomic E-state index is 13.8. The average Bonchev–Trinajstić information content (AvgIpc) is 2.93.